The van der Waals surface area contributed by atoms with Gasteiger partial charge in [0.2, 0.25) is 0 Å². The Kier molecular flexibility index (Phi) is 28.8. The molecule has 0 amide bonds. The van der Waals surface area contributed by atoms with E-state index in [0.29, 0.717) is 6.42 Å². The summed E-state index contributed by atoms with van der Waals surface area (Å²) in [5, 5.41) is 0. The fourth-order valence-electron chi connectivity index (χ4n) is 4.58. The molecule has 6 N–H and O–H groups in total. The molecule has 0 aromatic rings. The molecule has 0 rings (SSSR count). The Morgan fingerprint density at radius 1 is 0.697 bits per heavy atom. The van der Waals surface area contributed by atoms with Crippen LogP contribution in [0.5, 0.6) is 0 Å². The lowest BCUT2D eigenvalue weighted by atomic mass is 9.91. The van der Waals surface area contributed by atoms with Gasteiger partial charge >= 0.3 is 5.97 Å². The van der Waals surface area contributed by atoms with Gasteiger partial charge in [-0.15, -0.1) is 0 Å². The first-order valence-electron chi connectivity index (χ1n) is 13.9. The molecule has 0 saturated heterocycles. The summed E-state index contributed by atoms with van der Waals surface area (Å²) in [6.07, 6.45) is 23.1. The Morgan fingerprint density at radius 2 is 1.15 bits per heavy atom. The predicted octanol–water partition coefficient (Wildman–Crippen LogP) is 5.98. The van der Waals surface area contributed by atoms with Crippen LogP contribution in [0, 0.1) is 5.92 Å². The number of ether oxygens (including phenoxy) is 1. The SMILES string of the molecule is CCCCCCC(CCCCCCCCCCCCC(=O)OC)CCN(CCN)CCN.[NH2]. The molecule has 0 saturated carbocycles. The summed E-state index contributed by atoms with van der Waals surface area (Å²) >= 11 is 0. The van der Waals surface area contributed by atoms with E-state index in [-0.39, 0.29) is 12.1 Å². The van der Waals surface area contributed by atoms with Gasteiger partial charge in [-0.25, -0.2) is 0 Å². The van der Waals surface area contributed by atoms with Crippen LogP contribution >= 0.6 is 0 Å². The van der Waals surface area contributed by atoms with E-state index in [1.54, 1.807) is 0 Å². The normalized spacial score (nSPS) is 12.0. The number of hydrogen-bond donors (Lipinski definition) is 2. The van der Waals surface area contributed by atoms with Crippen LogP contribution in [0.15, 0.2) is 0 Å². The van der Waals surface area contributed by atoms with E-state index < -0.39 is 0 Å². The van der Waals surface area contributed by atoms with Crippen molar-refractivity contribution in [2.45, 2.75) is 122 Å². The molecule has 1 radical (unpaired) electrons. The second kappa shape index (κ2) is 27.6. The van der Waals surface area contributed by atoms with Crippen molar-refractivity contribution >= 4 is 5.97 Å². The average molecular weight is 472 g/mol. The molecule has 0 fully saturated rings. The summed E-state index contributed by atoms with van der Waals surface area (Å²) in [6, 6.07) is 0. The molecule has 1 atom stereocenters. The van der Waals surface area contributed by atoms with E-state index in [4.69, 9.17) is 11.5 Å². The van der Waals surface area contributed by atoms with Crippen molar-refractivity contribution in [2.75, 3.05) is 39.8 Å². The lowest BCUT2D eigenvalue weighted by Crippen LogP contribution is -2.35. The van der Waals surface area contributed by atoms with Gasteiger partial charge in [-0.05, 0) is 25.3 Å². The molecule has 0 spiro atoms. The highest BCUT2D eigenvalue weighted by atomic mass is 16.5. The summed E-state index contributed by atoms with van der Waals surface area (Å²) in [7, 11) is 1.47. The quantitative estimate of drug-likeness (QED) is 0.125. The van der Waals surface area contributed by atoms with Gasteiger partial charge in [-0.3, -0.25) is 10.9 Å². The molecule has 199 valence electrons. The number of esters is 1. The number of unbranched alkanes of at least 4 members (excludes halogenated alkanes) is 12. The van der Waals surface area contributed by atoms with Gasteiger partial charge in [0.25, 0.3) is 0 Å². The monoisotopic (exact) mass is 471 g/mol. The van der Waals surface area contributed by atoms with E-state index in [2.05, 4.69) is 16.6 Å². The molecular formula is C27H59N4O2. The molecule has 0 heterocycles. The van der Waals surface area contributed by atoms with E-state index >= 15 is 0 Å². The molecule has 0 aliphatic heterocycles. The van der Waals surface area contributed by atoms with Crippen LogP contribution in [0.3, 0.4) is 0 Å². The number of nitrogens with zero attached hydrogens (tertiary/aromatic N) is 1. The van der Waals surface area contributed by atoms with Gasteiger partial charge < -0.3 is 21.1 Å². The number of carbonyl (C=O) groups excluding carboxylic acids is 1. The largest absolute Gasteiger partial charge is 0.469 e. The van der Waals surface area contributed by atoms with Gasteiger partial charge in [-0.2, -0.15) is 0 Å². The Balaban J connectivity index is 0. The summed E-state index contributed by atoms with van der Waals surface area (Å²) in [4.78, 5) is 13.5. The van der Waals surface area contributed by atoms with Gasteiger partial charge in [-0.1, -0.05) is 103 Å². The first kappa shape index (κ1) is 34.5. The summed E-state index contributed by atoms with van der Waals surface area (Å²) in [5.74, 6) is 0.798. The minimum Gasteiger partial charge on any atom is -0.469 e. The van der Waals surface area contributed by atoms with Gasteiger partial charge in [0.1, 0.15) is 0 Å². The van der Waals surface area contributed by atoms with Crippen LogP contribution < -0.4 is 17.6 Å². The molecule has 1 unspecified atom stereocenters. The molecule has 0 bridgehead atoms. The maximum Gasteiger partial charge on any atom is 0.305 e. The summed E-state index contributed by atoms with van der Waals surface area (Å²) in [5.41, 5.74) is 11.5. The first-order chi connectivity index (χ1) is 15.7. The van der Waals surface area contributed by atoms with Gasteiger partial charge in [0, 0.05) is 32.6 Å². The number of rotatable bonds is 25. The lowest BCUT2D eigenvalue weighted by molar-refractivity contribution is -0.140. The third-order valence-corrected chi connectivity index (χ3v) is 6.68. The van der Waals surface area contributed by atoms with Gasteiger partial charge in [0.05, 0.1) is 7.11 Å². The molecule has 0 aromatic heterocycles. The highest BCUT2D eigenvalue weighted by Crippen LogP contribution is 2.22. The maximum atomic E-state index is 11.1. The third-order valence-electron chi connectivity index (χ3n) is 6.68. The highest BCUT2D eigenvalue weighted by Gasteiger charge is 2.11. The Hall–Kier alpha value is -0.690. The average Bonchev–Trinajstić information content (AvgIpc) is 2.80. The third kappa shape index (κ3) is 24.2. The second-order valence-corrected chi connectivity index (χ2v) is 9.57. The number of methoxy groups -OCH3 is 1. The molecule has 6 nitrogen and oxygen atoms in total. The fraction of sp³-hybridized carbons (Fsp3) is 0.963. The smallest absolute Gasteiger partial charge is 0.305 e. The van der Waals surface area contributed by atoms with Crippen molar-refractivity contribution < 1.29 is 9.53 Å². The maximum absolute atomic E-state index is 11.1. The zero-order valence-corrected chi connectivity index (χ0v) is 22.3. The number of carbonyl (C=O) groups is 1. The van der Waals surface area contributed by atoms with Crippen molar-refractivity contribution in [3.8, 4) is 0 Å². The van der Waals surface area contributed by atoms with Crippen LogP contribution in [0.2, 0.25) is 0 Å². The number of hydrogen-bond acceptors (Lipinski definition) is 5. The van der Waals surface area contributed by atoms with E-state index in [9.17, 15) is 4.79 Å². The van der Waals surface area contributed by atoms with Crippen molar-refractivity contribution in [1.29, 1.82) is 0 Å². The predicted molar refractivity (Wildman–Crippen MR) is 143 cm³/mol. The second-order valence-electron chi connectivity index (χ2n) is 9.57. The van der Waals surface area contributed by atoms with Crippen LogP contribution in [-0.4, -0.2) is 50.7 Å². The molecule has 6 heteroatoms. The van der Waals surface area contributed by atoms with Crippen LogP contribution in [0.1, 0.15) is 122 Å². The van der Waals surface area contributed by atoms with Crippen molar-refractivity contribution in [3.63, 3.8) is 0 Å². The Morgan fingerprint density at radius 3 is 1.61 bits per heavy atom. The Labute approximate surface area is 206 Å². The first-order valence-corrected chi connectivity index (χ1v) is 13.9. The molecule has 0 aliphatic rings. The fourth-order valence-corrected chi connectivity index (χ4v) is 4.58. The minimum absolute atomic E-state index is 0. The van der Waals surface area contributed by atoms with Crippen LogP contribution in [0.25, 0.3) is 0 Å². The van der Waals surface area contributed by atoms with Gasteiger partial charge in [0.15, 0.2) is 0 Å². The standard InChI is InChI=1S/C27H57N3O2.H2N/c1-3-4-5-14-17-26(20-23-30(24-21-28)25-22-29)18-15-12-10-8-6-7-9-11-13-16-19-27(31)32-2;/h26H,3-25,28-29H2,1-2H3;1H2. The van der Waals surface area contributed by atoms with Crippen molar-refractivity contribution in [1.82, 2.24) is 11.1 Å². The molecular weight excluding hydrogens is 412 g/mol. The Bertz CT molecular complexity index is 390. The highest BCUT2D eigenvalue weighted by molar-refractivity contribution is 5.68. The minimum atomic E-state index is -0.0726. The van der Waals surface area contributed by atoms with E-state index in [0.717, 1.165) is 51.5 Å². The van der Waals surface area contributed by atoms with Crippen molar-refractivity contribution in [3.05, 3.63) is 0 Å². The van der Waals surface area contributed by atoms with E-state index in [1.807, 2.05) is 0 Å². The van der Waals surface area contributed by atoms with E-state index in [1.165, 1.54) is 103 Å². The molecule has 0 aliphatic carbocycles. The summed E-state index contributed by atoms with van der Waals surface area (Å²) in [6.45, 7) is 6.87. The summed E-state index contributed by atoms with van der Waals surface area (Å²) < 4.78 is 4.68. The lowest BCUT2D eigenvalue weighted by Gasteiger charge is -2.24. The number of nitrogens with two attached hydrogens (primary N) is 3. The zero-order chi connectivity index (χ0) is 23.7. The molecule has 0 aromatic carbocycles. The van der Waals surface area contributed by atoms with Crippen molar-refractivity contribution in [2.24, 2.45) is 17.4 Å². The molecule has 33 heavy (non-hydrogen) atoms. The zero-order valence-electron chi connectivity index (χ0n) is 22.3. The van der Waals surface area contributed by atoms with Crippen LogP contribution in [0.4, 0.5) is 0 Å². The van der Waals surface area contributed by atoms with Crippen LogP contribution in [-0.2, 0) is 9.53 Å². The topological polar surface area (TPSA) is 115 Å².